The average molecular weight is 380 g/mol. The number of sulfonamides is 1. The van der Waals surface area contributed by atoms with E-state index in [4.69, 9.17) is 4.74 Å². The zero-order chi connectivity index (χ0) is 19.3. The van der Waals surface area contributed by atoms with Crippen LogP contribution in [0.5, 0.6) is 5.75 Å². The summed E-state index contributed by atoms with van der Waals surface area (Å²) in [6.07, 6.45) is 5.40. The summed E-state index contributed by atoms with van der Waals surface area (Å²) in [7, 11) is -2.17. The Hall–Kier alpha value is -3.12. The van der Waals surface area contributed by atoms with Gasteiger partial charge in [-0.1, -0.05) is 18.2 Å². The third kappa shape index (κ3) is 4.54. The molecule has 0 aliphatic rings. The lowest BCUT2D eigenvalue weighted by Crippen LogP contribution is -2.13. The second-order valence-electron chi connectivity index (χ2n) is 5.93. The highest BCUT2D eigenvalue weighted by molar-refractivity contribution is 7.92. The minimum Gasteiger partial charge on any atom is -0.497 e. The Balaban J connectivity index is 1.91. The first kappa shape index (κ1) is 18.7. The lowest BCUT2D eigenvalue weighted by Gasteiger charge is -2.12. The summed E-state index contributed by atoms with van der Waals surface area (Å²) in [4.78, 5) is 4.19. The van der Waals surface area contributed by atoms with Gasteiger partial charge in [0, 0.05) is 12.4 Å². The van der Waals surface area contributed by atoms with Crippen LogP contribution in [0, 0.1) is 0 Å². The molecular weight excluding hydrogens is 360 g/mol. The number of rotatable bonds is 6. The van der Waals surface area contributed by atoms with Crippen molar-refractivity contribution in [3.63, 3.8) is 0 Å². The maximum absolute atomic E-state index is 12.7. The Bertz CT molecular complexity index is 1040. The second kappa shape index (κ2) is 8.05. The standard InChI is InChI=1S/C21H20N2O3S/c1-16(17-11-13-22-14-12-17)15-18-5-3-4-6-21(18)23-27(24,25)20-9-7-19(26-2)8-10-20/h3-15,23H,1-2H3. The lowest BCUT2D eigenvalue weighted by atomic mass is 10.0. The smallest absolute Gasteiger partial charge is 0.261 e. The normalized spacial score (nSPS) is 11.9. The third-order valence-corrected chi connectivity index (χ3v) is 5.46. The molecule has 0 atom stereocenters. The molecule has 0 bridgehead atoms. The Kier molecular flexibility index (Phi) is 5.57. The Morgan fingerprint density at radius 2 is 1.67 bits per heavy atom. The highest BCUT2D eigenvalue weighted by Gasteiger charge is 2.15. The van der Waals surface area contributed by atoms with Gasteiger partial charge in [0.15, 0.2) is 0 Å². The maximum Gasteiger partial charge on any atom is 0.261 e. The molecule has 3 aromatic rings. The first-order valence-electron chi connectivity index (χ1n) is 8.34. The van der Waals surface area contributed by atoms with E-state index in [-0.39, 0.29) is 4.90 Å². The molecule has 27 heavy (non-hydrogen) atoms. The maximum atomic E-state index is 12.7. The molecule has 138 valence electrons. The van der Waals surface area contributed by atoms with Gasteiger partial charge in [-0.25, -0.2) is 8.42 Å². The Labute approximate surface area is 159 Å². The monoisotopic (exact) mass is 380 g/mol. The zero-order valence-corrected chi connectivity index (χ0v) is 15.9. The molecule has 3 rings (SSSR count). The third-order valence-electron chi connectivity index (χ3n) is 4.08. The van der Waals surface area contributed by atoms with E-state index in [9.17, 15) is 8.42 Å². The minimum atomic E-state index is -3.71. The van der Waals surface area contributed by atoms with Gasteiger partial charge in [0.25, 0.3) is 10.0 Å². The summed E-state index contributed by atoms with van der Waals surface area (Å²) >= 11 is 0. The number of hydrogen-bond acceptors (Lipinski definition) is 4. The molecule has 1 heterocycles. The van der Waals surface area contributed by atoms with Crippen LogP contribution in [0.4, 0.5) is 5.69 Å². The van der Waals surface area contributed by atoms with Crippen LogP contribution in [0.3, 0.4) is 0 Å². The van der Waals surface area contributed by atoms with Gasteiger partial charge in [0.2, 0.25) is 0 Å². The topological polar surface area (TPSA) is 68.3 Å². The highest BCUT2D eigenvalue weighted by atomic mass is 32.2. The molecule has 2 aromatic carbocycles. The van der Waals surface area contributed by atoms with Crippen LogP contribution in [0.25, 0.3) is 11.6 Å². The van der Waals surface area contributed by atoms with Crippen LogP contribution in [0.15, 0.2) is 78.0 Å². The first-order chi connectivity index (χ1) is 13.0. The average Bonchev–Trinajstić information content (AvgIpc) is 2.70. The van der Waals surface area contributed by atoms with Crippen LogP contribution >= 0.6 is 0 Å². The van der Waals surface area contributed by atoms with Gasteiger partial charge in [0.05, 0.1) is 17.7 Å². The molecular formula is C21H20N2O3S. The molecule has 0 aliphatic heterocycles. The molecule has 0 saturated heterocycles. The van der Waals surface area contributed by atoms with Gasteiger partial charge in [-0.3, -0.25) is 9.71 Å². The van der Waals surface area contributed by atoms with Crippen LogP contribution in [-0.2, 0) is 10.0 Å². The molecule has 0 aliphatic carbocycles. The lowest BCUT2D eigenvalue weighted by molar-refractivity contribution is 0.414. The van der Waals surface area contributed by atoms with E-state index in [1.165, 1.54) is 19.2 Å². The molecule has 1 N–H and O–H groups in total. The van der Waals surface area contributed by atoms with Gasteiger partial charge in [0.1, 0.15) is 5.75 Å². The summed E-state index contributed by atoms with van der Waals surface area (Å²) in [5, 5.41) is 0. The molecule has 0 unspecified atom stereocenters. The number of aromatic nitrogens is 1. The number of allylic oxidation sites excluding steroid dienone is 1. The number of anilines is 1. The van der Waals surface area contributed by atoms with E-state index < -0.39 is 10.0 Å². The molecule has 5 nitrogen and oxygen atoms in total. The van der Waals surface area contributed by atoms with Gasteiger partial charge in [-0.05, 0) is 72.2 Å². The number of benzene rings is 2. The number of nitrogens with zero attached hydrogens (tertiary/aromatic N) is 1. The van der Waals surface area contributed by atoms with Crippen molar-refractivity contribution in [2.45, 2.75) is 11.8 Å². The molecule has 0 amide bonds. The van der Waals surface area contributed by atoms with Crippen molar-refractivity contribution in [1.82, 2.24) is 4.98 Å². The largest absolute Gasteiger partial charge is 0.497 e. The number of ether oxygens (including phenoxy) is 1. The Morgan fingerprint density at radius 3 is 2.33 bits per heavy atom. The fourth-order valence-electron chi connectivity index (χ4n) is 2.61. The van der Waals surface area contributed by atoms with E-state index >= 15 is 0 Å². The van der Waals surface area contributed by atoms with Crippen molar-refractivity contribution in [2.24, 2.45) is 0 Å². The molecule has 0 saturated carbocycles. The quantitative estimate of drug-likeness (QED) is 0.686. The van der Waals surface area contributed by atoms with Crippen molar-refractivity contribution in [2.75, 3.05) is 11.8 Å². The van der Waals surface area contributed by atoms with E-state index in [1.54, 1.807) is 36.7 Å². The van der Waals surface area contributed by atoms with E-state index in [2.05, 4.69) is 9.71 Å². The van der Waals surface area contributed by atoms with Crippen LogP contribution in [-0.4, -0.2) is 20.5 Å². The molecule has 0 radical (unpaired) electrons. The summed E-state index contributed by atoms with van der Waals surface area (Å²) in [6.45, 7) is 1.98. The van der Waals surface area contributed by atoms with E-state index in [0.29, 0.717) is 11.4 Å². The van der Waals surface area contributed by atoms with Crippen molar-refractivity contribution < 1.29 is 13.2 Å². The summed E-state index contributed by atoms with van der Waals surface area (Å²) in [5.41, 5.74) is 3.33. The van der Waals surface area contributed by atoms with Crippen molar-refractivity contribution in [3.8, 4) is 5.75 Å². The van der Waals surface area contributed by atoms with Crippen LogP contribution in [0.1, 0.15) is 18.1 Å². The SMILES string of the molecule is COc1ccc(S(=O)(=O)Nc2ccccc2C=C(C)c2ccncc2)cc1. The summed E-state index contributed by atoms with van der Waals surface area (Å²) < 4.78 is 33.2. The number of hydrogen-bond donors (Lipinski definition) is 1. The fraction of sp³-hybridized carbons (Fsp3) is 0.0952. The molecule has 0 fully saturated rings. The number of nitrogens with one attached hydrogen (secondary N) is 1. The van der Waals surface area contributed by atoms with Gasteiger partial charge < -0.3 is 4.74 Å². The first-order valence-corrected chi connectivity index (χ1v) is 9.82. The summed E-state index contributed by atoms with van der Waals surface area (Å²) in [5.74, 6) is 0.602. The molecule has 1 aromatic heterocycles. The zero-order valence-electron chi connectivity index (χ0n) is 15.1. The second-order valence-corrected chi connectivity index (χ2v) is 7.61. The van der Waals surface area contributed by atoms with E-state index in [0.717, 1.165) is 16.7 Å². The van der Waals surface area contributed by atoms with Crippen LogP contribution in [0.2, 0.25) is 0 Å². The number of para-hydroxylation sites is 1. The van der Waals surface area contributed by atoms with Gasteiger partial charge >= 0.3 is 0 Å². The minimum absolute atomic E-state index is 0.174. The van der Waals surface area contributed by atoms with Gasteiger partial charge in [-0.2, -0.15) is 0 Å². The van der Waals surface area contributed by atoms with Crippen LogP contribution < -0.4 is 9.46 Å². The Morgan fingerprint density at radius 1 is 1.00 bits per heavy atom. The summed E-state index contributed by atoms with van der Waals surface area (Å²) in [6, 6.07) is 17.4. The number of pyridine rings is 1. The number of methoxy groups -OCH3 is 1. The van der Waals surface area contributed by atoms with Crippen molar-refractivity contribution in [1.29, 1.82) is 0 Å². The predicted octanol–water partition coefficient (Wildman–Crippen LogP) is 4.45. The fourth-order valence-corrected chi connectivity index (χ4v) is 3.69. The van der Waals surface area contributed by atoms with E-state index in [1.807, 2.05) is 37.3 Å². The van der Waals surface area contributed by atoms with Crippen molar-refractivity contribution >= 4 is 27.4 Å². The highest BCUT2D eigenvalue weighted by Crippen LogP contribution is 2.25. The van der Waals surface area contributed by atoms with Gasteiger partial charge in [-0.15, -0.1) is 0 Å². The molecule has 0 spiro atoms. The molecule has 6 heteroatoms. The predicted molar refractivity (Wildman–Crippen MR) is 108 cm³/mol. The van der Waals surface area contributed by atoms with Crippen molar-refractivity contribution in [3.05, 3.63) is 84.2 Å².